The summed E-state index contributed by atoms with van der Waals surface area (Å²) in [5.41, 5.74) is 1.14. The van der Waals surface area contributed by atoms with Crippen LogP contribution in [0.5, 0.6) is 0 Å². The topological polar surface area (TPSA) is 49.4 Å². The fraction of sp³-hybridized carbons (Fsp3) is 0.176. The lowest BCUT2D eigenvalue weighted by molar-refractivity contribution is -0.121. The third kappa shape index (κ3) is 3.26. The molecule has 0 saturated carbocycles. The lowest BCUT2D eigenvalue weighted by Crippen LogP contribution is -2.45. The lowest BCUT2D eigenvalue weighted by Gasteiger charge is -2.30. The van der Waals surface area contributed by atoms with Crippen molar-refractivity contribution in [2.24, 2.45) is 0 Å². The molecule has 0 spiro atoms. The highest BCUT2D eigenvalue weighted by Crippen LogP contribution is 2.33. The molecular weight excluding hydrogens is 334 g/mol. The maximum atomic E-state index is 13.8. The highest BCUT2D eigenvalue weighted by molar-refractivity contribution is 8.00. The average molecular weight is 348 g/mol. The Morgan fingerprint density at radius 1 is 1.25 bits per heavy atom. The van der Waals surface area contributed by atoms with Crippen LogP contribution in [0.3, 0.4) is 0 Å². The first kappa shape index (κ1) is 16.4. The summed E-state index contributed by atoms with van der Waals surface area (Å²) in [6.07, 6.45) is 0. The lowest BCUT2D eigenvalue weighted by atomic mass is 10.2. The molecule has 0 aliphatic carbocycles. The van der Waals surface area contributed by atoms with Crippen LogP contribution < -0.4 is 10.2 Å². The zero-order chi connectivity index (χ0) is 17.3. The summed E-state index contributed by atoms with van der Waals surface area (Å²) in [5, 5.41) is 2.02. The summed E-state index contributed by atoms with van der Waals surface area (Å²) in [6, 6.07) is 10.1. The summed E-state index contributed by atoms with van der Waals surface area (Å²) in [6.45, 7) is 1.50. The Labute approximate surface area is 141 Å². The predicted octanol–water partition coefficient (Wildman–Crippen LogP) is 3.43. The second-order valence-corrected chi connectivity index (χ2v) is 6.71. The van der Waals surface area contributed by atoms with E-state index in [0.29, 0.717) is 11.4 Å². The van der Waals surface area contributed by atoms with Crippen molar-refractivity contribution in [3.8, 4) is 0 Å². The van der Waals surface area contributed by atoms with Gasteiger partial charge < -0.3 is 5.32 Å². The van der Waals surface area contributed by atoms with E-state index in [1.807, 2.05) is 0 Å². The normalized spacial score (nSPS) is 14.8. The van der Waals surface area contributed by atoms with E-state index in [1.165, 1.54) is 4.90 Å². The number of para-hydroxylation sites is 2. The SMILES string of the molecule is C[C@@H](Sc1cc(F)ccc1F)C(=O)N1CC(=O)Nc2ccccc21. The number of fused-ring (bicyclic) bond motifs is 1. The average Bonchev–Trinajstić information content (AvgIpc) is 2.56. The van der Waals surface area contributed by atoms with E-state index < -0.39 is 16.9 Å². The Morgan fingerprint density at radius 2 is 2.00 bits per heavy atom. The van der Waals surface area contributed by atoms with Crippen LogP contribution in [0.1, 0.15) is 6.92 Å². The highest BCUT2D eigenvalue weighted by atomic mass is 32.2. The van der Waals surface area contributed by atoms with Crippen LogP contribution in [0, 0.1) is 11.6 Å². The van der Waals surface area contributed by atoms with E-state index >= 15 is 0 Å². The molecule has 1 heterocycles. The number of nitrogens with zero attached hydrogens (tertiary/aromatic N) is 1. The number of rotatable bonds is 3. The van der Waals surface area contributed by atoms with Gasteiger partial charge in [0.05, 0.1) is 16.6 Å². The van der Waals surface area contributed by atoms with Crippen LogP contribution in [0.25, 0.3) is 0 Å². The smallest absolute Gasteiger partial charge is 0.244 e. The first-order chi connectivity index (χ1) is 11.5. The molecule has 4 nitrogen and oxygen atoms in total. The van der Waals surface area contributed by atoms with Gasteiger partial charge in [0.1, 0.15) is 18.2 Å². The molecule has 124 valence electrons. The fourth-order valence-electron chi connectivity index (χ4n) is 2.46. The van der Waals surface area contributed by atoms with E-state index in [2.05, 4.69) is 5.32 Å². The van der Waals surface area contributed by atoms with E-state index in [9.17, 15) is 18.4 Å². The number of amides is 2. The van der Waals surface area contributed by atoms with Crippen molar-refractivity contribution >= 4 is 35.0 Å². The largest absolute Gasteiger partial charge is 0.323 e. The number of carbonyl (C=O) groups excluding carboxylic acids is 2. The number of anilines is 2. The van der Waals surface area contributed by atoms with Crippen LogP contribution in [-0.2, 0) is 9.59 Å². The van der Waals surface area contributed by atoms with Crippen molar-refractivity contribution in [1.82, 2.24) is 0 Å². The van der Waals surface area contributed by atoms with Gasteiger partial charge in [0.15, 0.2) is 0 Å². The van der Waals surface area contributed by atoms with E-state index in [4.69, 9.17) is 0 Å². The quantitative estimate of drug-likeness (QED) is 0.865. The number of benzene rings is 2. The Hall–Kier alpha value is -2.41. The van der Waals surface area contributed by atoms with Gasteiger partial charge in [-0.2, -0.15) is 0 Å². The Morgan fingerprint density at radius 3 is 2.79 bits per heavy atom. The predicted molar refractivity (Wildman–Crippen MR) is 89.1 cm³/mol. The Balaban J connectivity index is 1.83. The standard InChI is InChI=1S/C17H14F2N2O2S/c1-10(24-15-8-11(18)6-7-12(15)19)17(23)21-9-16(22)20-13-4-2-3-5-14(13)21/h2-8,10H,9H2,1H3,(H,20,22)/t10-/m1/s1. The molecule has 2 amide bonds. The first-order valence-electron chi connectivity index (χ1n) is 7.27. The van der Waals surface area contributed by atoms with Gasteiger partial charge in [-0.1, -0.05) is 12.1 Å². The van der Waals surface area contributed by atoms with E-state index in [1.54, 1.807) is 31.2 Å². The number of nitrogens with one attached hydrogen (secondary N) is 1. The summed E-state index contributed by atoms with van der Waals surface area (Å²) < 4.78 is 27.0. The summed E-state index contributed by atoms with van der Waals surface area (Å²) in [7, 11) is 0. The highest BCUT2D eigenvalue weighted by Gasteiger charge is 2.30. The molecule has 2 aromatic carbocycles. The van der Waals surface area contributed by atoms with Crippen molar-refractivity contribution in [3.63, 3.8) is 0 Å². The van der Waals surface area contributed by atoms with Crippen LogP contribution in [0.2, 0.25) is 0 Å². The third-order valence-electron chi connectivity index (χ3n) is 3.58. The summed E-state index contributed by atoms with van der Waals surface area (Å²) in [5.74, 6) is -1.79. The molecule has 0 saturated heterocycles. The monoisotopic (exact) mass is 348 g/mol. The minimum Gasteiger partial charge on any atom is -0.323 e. The zero-order valence-corrected chi connectivity index (χ0v) is 13.6. The molecule has 1 aliphatic rings. The molecule has 0 radical (unpaired) electrons. The van der Waals surface area contributed by atoms with Gasteiger partial charge in [-0.05, 0) is 37.3 Å². The molecule has 24 heavy (non-hydrogen) atoms. The van der Waals surface area contributed by atoms with E-state index in [-0.39, 0.29) is 23.3 Å². The van der Waals surface area contributed by atoms with Crippen molar-refractivity contribution in [2.45, 2.75) is 17.1 Å². The second kappa shape index (κ2) is 6.60. The zero-order valence-electron chi connectivity index (χ0n) is 12.8. The van der Waals surface area contributed by atoms with Crippen LogP contribution >= 0.6 is 11.8 Å². The maximum absolute atomic E-state index is 13.8. The summed E-state index contributed by atoms with van der Waals surface area (Å²) in [4.78, 5) is 25.9. The molecule has 1 aliphatic heterocycles. The molecule has 1 atom stereocenters. The van der Waals surface area contributed by atoms with Crippen LogP contribution in [-0.4, -0.2) is 23.6 Å². The number of carbonyl (C=O) groups is 2. The first-order valence-corrected chi connectivity index (χ1v) is 8.15. The number of thioether (sulfide) groups is 1. The minimum absolute atomic E-state index is 0.0607. The Bertz CT molecular complexity index is 813. The molecule has 3 rings (SSSR count). The molecule has 0 fully saturated rings. The molecular formula is C17H14F2N2O2S. The van der Waals surface area contributed by atoms with Crippen molar-refractivity contribution in [1.29, 1.82) is 0 Å². The molecule has 1 N–H and O–H groups in total. The van der Waals surface area contributed by atoms with Gasteiger partial charge >= 0.3 is 0 Å². The fourth-order valence-corrected chi connectivity index (χ4v) is 3.43. The van der Waals surface area contributed by atoms with Crippen molar-refractivity contribution in [2.75, 3.05) is 16.8 Å². The Kier molecular flexibility index (Phi) is 4.53. The maximum Gasteiger partial charge on any atom is 0.244 e. The molecule has 0 aromatic heterocycles. The summed E-state index contributed by atoms with van der Waals surface area (Å²) >= 11 is 0.924. The molecule has 0 bridgehead atoms. The minimum atomic E-state index is -0.680. The molecule has 7 heteroatoms. The van der Waals surface area contributed by atoms with Gasteiger partial charge in [0, 0.05) is 4.90 Å². The number of hydrogen-bond acceptors (Lipinski definition) is 3. The number of hydrogen-bond donors (Lipinski definition) is 1. The van der Waals surface area contributed by atoms with E-state index in [0.717, 1.165) is 30.0 Å². The van der Waals surface area contributed by atoms with Crippen LogP contribution in [0.4, 0.5) is 20.2 Å². The van der Waals surface area contributed by atoms with Gasteiger partial charge in [-0.15, -0.1) is 11.8 Å². The molecule has 0 unspecified atom stereocenters. The van der Waals surface area contributed by atoms with Gasteiger partial charge in [0.2, 0.25) is 11.8 Å². The van der Waals surface area contributed by atoms with Gasteiger partial charge in [0.25, 0.3) is 0 Å². The second-order valence-electron chi connectivity index (χ2n) is 5.32. The van der Waals surface area contributed by atoms with Crippen molar-refractivity contribution in [3.05, 3.63) is 54.1 Å². The van der Waals surface area contributed by atoms with Crippen molar-refractivity contribution < 1.29 is 18.4 Å². The number of halogens is 2. The van der Waals surface area contributed by atoms with Gasteiger partial charge in [-0.25, -0.2) is 8.78 Å². The van der Waals surface area contributed by atoms with Gasteiger partial charge in [-0.3, -0.25) is 14.5 Å². The third-order valence-corrected chi connectivity index (χ3v) is 4.70. The van der Waals surface area contributed by atoms with Crippen LogP contribution in [0.15, 0.2) is 47.4 Å². The molecule has 2 aromatic rings.